The highest BCUT2D eigenvalue weighted by Crippen LogP contribution is 2.30. The lowest BCUT2D eigenvalue weighted by Crippen LogP contribution is -2.30. The smallest absolute Gasteiger partial charge is 0.258 e. The number of carbonyl (C=O) groups is 2. The van der Waals surface area contributed by atoms with Crippen LogP contribution >= 0.6 is 0 Å². The Kier molecular flexibility index (Phi) is 4.24. The van der Waals surface area contributed by atoms with E-state index in [9.17, 15) is 9.59 Å². The largest absolute Gasteiger partial charge is 0.349 e. The van der Waals surface area contributed by atoms with Crippen molar-refractivity contribution in [3.8, 4) is 0 Å². The summed E-state index contributed by atoms with van der Waals surface area (Å²) in [5.74, 6) is 0.566. The predicted molar refractivity (Wildman–Crippen MR) is 104 cm³/mol. The normalized spacial score (nSPS) is 13.3. The third-order valence-electron chi connectivity index (χ3n) is 4.93. The van der Waals surface area contributed by atoms with Gasteiger partial charge < -0.3 is 14.8 Å². The molecule has 0 saturated heterocycles. The number of imidazole rings is 1. The number of amides is 2. The van der Waals surface area contributed by atoms with Gasteiger partial charge in [-0.3, -0.25) is 9.59 Å². The lowest BCUT2D eigenvalue weighted by atomic mass is 10.1. The second-order valence-electron chi connectivity index (χ2n) is 6.55. The van der Waals surface area contributed by atoms with E-state index in [1.54, 1.807) is 11.0 Å². The van der Waals surface area contributed by atoms with Gasteiger partial charge in [-0.05, 0) is 18.2 Å². The fraction of sp³-hybridized carbons (Fsp3) is 0.190. The summed E-state index contributed by atoms with van der Waals surface area (Å²) in [6, 6.07) is 15.2. The first kappa shape index (κ1) is 17.0. The van der Waals surface area contributed by atoms with Crippen LogP contribution in [0.2, 0.25) is 0 Å². The lowest BCUT2D eigenvalue weighted by Gasteiger charge is -2.17. The van der Waals surface area contributed by atoms with E-state index in [4.69, 9.17) is 0 Å². The molecule has 0 atom stereocenters. The van der Waals surface area contributed by atoms with Crippen LogP contribution in [0.5, 0.6) is 0 Å². The van der Waals surface area contributed by atoms with Gasteiger partial charge in [-0.1, -0.05) is 36.9 Å². The summed E-state index contributed by atoms with van der Waals surface area (Å²) < 4.78 is 1.97. The molecule has 0 aliphatic carbocycles. The summed E-state index contributed by atoms with van der Waals surface area (Å²) >= 11 is 0. The van der Waals surface area contributed by atoms with Crippen LogP contribution in [0.1, 0.15) is 28.2 Å². The summed E-state index contributed by atoms with van der Waals surface area (Å²) in [5.41, 5.74) is 4.06. The molecule has 2 aromatic carbocycles. The first-order valence-electron chi connectivity index (χ1n) is 8.83. The molecule has 0 saturated carbocycles. The van der Waals surface area contributed by atoms with Crippen molar-refractivity contribution < 1.29 is 9.59 Å². The molecule has 6 heteroatoms. The quantitative estimate of drug-likeness (QED) is 0.761. The van der Waals surface area contributed by atoms with E-state index >= 15 is 0 Å². The molecule has 0 radical (unpaired) electrons. The van der Waals surface area contributed by atoms with Crippen LogP contribution in [0.3, 0.4) is 0 Å². The van der Waals surface area contributed by atoms with Crippen LogP contribution < -0.4 is 5.32 Å². The van der Waals surface area contributed by atoms with Crippen molar-refractivity contribution in [2.75, 3.05) is 6.54 Å². The fourth-order valence-electron chi connectivity index (χ4n) is 3.40. The molecule has 1 aliphatic rings. The van der Waals surface area contributed by atoms with E-state index in [0.717, 1.165) is 22.4 Å². The van der Waals surface area contributed by atoms with Crippen LogP contribution in [0, 0.1) is 0 Å². The van der Waals surface area contributed by atoms with Crippen molar-refractivity contribution in [1.29, 1.82) is 0 Å². The molecule has 0 spiro atoms. The maximum atomic E-state index is 12.5. The first-order valence-corrected chi connectivity index (χ1v) is 8.83. The molecule has 0 fully saturated rings. The average Bonchev–Trinajstić information content (AvgIpc) is 3.14. The monoisotopic (exact) mass is 360 g/mol. The second kappa shape index (κ2) is 6.72. The number of aromatic nitrogens is 2. The van der Waals surface area contributed by atoms with Crippen molar-refractivity contribution in [2.45, 2.75) is 13.0 Å². The van der Waals surface area contributed by atoms with E-state index in [-0.39, 0.29) is 18.2 Å². The molecule has 136 valence electrons. The number of nitrogens with one attached hydrogen (secondary N) is 1. The van der Waals surface area contributed by atoms with Gasteiger partial charge >= 0.3 is 0 Å². The standard InChI is InChI=1S/C21H20N4O2/c1-14-15-7-3-4-8-16(15)21(27)25(14)12-11-20(26)22-13-19-23-17-9-5-6-10-18(17)24(19)2/h3-10H,1,11-13H2,2H3,(H,22,26). The van der Waals surface area contributed by atoms with Crippen LogP contribution in [0.4, 0.5) is 0 Å². The van der Waals surface area contributed by atoms with Crippen LogP contribution in [0.15, 0.2) is 55.1 Å². The fourth-order valence-corrected chi connectivity index (χ4v) is 3.40. The molecule has 1 aromatic heterocycles. The molecule has 1 aliphatic heterocycles. The number of hydrogen-bond acceptors (Lipinski definition) is 3. The Hall–Kier alpha value is -3.41. The average molecular weight is 360 g/mol. The number of rotatable bonds is 5. The molecular weight excluding hydrogens is 340 g/mol. The number of nitrogens with zero attached hydrogens (tertiary/aromatic N) is 3. The molecular formula is C21H20N4O2. The van der Waals surface area contributed by atoms with E-state index in [1.807, 2.05) is 54.1 Å². The number of hydrogen-bond donors (Lipinski definition) is 1. The Bertz CT molecular complexity index is 1030. The van der Waals surface area contributed by atoms with Gasteiger partial charge in [0.05, 0.1) is 17.6 Å². The Morgan fingerprint density at radius 3 is 2.56 bits per heavy atom. The van der Waals surface area contributed by atoms with Gasteiger partial charge in [-0.25, -0.2) is 4.98 Å². The van der Waals surface area contributed by atoms with Gasteiger partial charge in [0.1, 0.15) is 5.82 Å². The van der Waals surface area contributed by atoms with E-state index in [1.165, 1.54) is 0 Å². The van der Waals surface area contributed by atoms with Gasteiger partial charge in [0.2, 0.25) is 5.91 Å². The number of aryl methyl sites for hydroxylation is 1. The molecule has 6 nitrogen and oxygen atoms in total. The SMILES string of the molecule is C=C1c2ccccc2C(=O)N1CCC(=O)NCc1nc2ccccc2n1C. The minimum atomic E-state index is -0.126. The van der Waals surface area contributed by atoms with Crippen molar-refractivity contribution in [1.82, 2.24) is 19.8 Å². The molecule has 1 N–H and O–H groups in total. The third-order valence-corrected chi connectivity index (χ3v) is 4.93. The molecule has 0 unspecified atom stereocenters. The number of carbonyl (C=O) groups excluding carboxylic acids is 2. The minimum absolute atomic E-state index is 0.0984. The highest BCUT2D eigenvalue weighted by Gasteiger charge is 2.30. The summed E-state index contributed by atoms with van der Waals surface area (Å²) in [6.45, 7) is 4.65. The first-order chi connectivity index (χ1) is 13.1. The van der Waals surface area contributed by atoms with Gasteiger partial charge in [0, 0.05) is 36.8 Å². The lowest BCUT2D eigenvalue weighted by molar-refractivity contribution is -0.121. The zero-order chi connectivity index (χ0) is 19.0. The Balaban J connectivity index is 1.36. The summed E-state index contributed by atoms with van der Waals surface area (Å²) in [7, 11) is 1.93. The van der Waals surface area contributed by atoms with E-state index in [2.05, 4.69) is 16.9 Å². The summed E-state index contributed by atoms with van der Waals surface area (Å²) in [4.78, 5) is 30.8. The molecule has 4 rings (SSSR count). The Morgan fingerprint density at radius 2 is 1.81 bits per heavy atom. The van der Waals surface area contributed by atoms with Gasteiger partial charge in [-0.2, -0.15) is 0 Å². The Labute approximate surface area is 157 Å². The molecule has 3 aromatic rings. The Morgan fingerprint density at radius 1 is 1.11 bits per heavy atom. The maximum Gasteiger partial charge on any atom is 0.258 e. The van der Waals surface area contributed by atoms with Crippen LogP contribution in [-0.2, 0) is 18.4 Å². The van der Waals surface area contributed by atoms with Crippen LogP contribution in [0.25, 0.3) is 16.7 Å². The van der Waals surface area contributed by atoms with Crippen molar-refractivity contribution in [2.24, 2.45) is 7.05 Å². The van der Waals surface area contributed by atoms with Crippen LogP contribution in [-0.4, -0.2) is 32.8 Å². The summed E-state index contributed by atoms with van der Waals surface area (Å²) in [6.07, 6.45) is 0.211. The highest BCUT2D eigenvalue weighted by atomic mass is 16.2. The number of para-hydroxylation sites is 2. The van der Waals surface area contributed by atoms with E-state index in [0.29, 0.717) is 24.4 Å². The van der Waals surface area contributed by atoms with Gasteiger partial charge in [0.25, 0.3) is 5.91 Å². The van der Waals surface area contributed by atoms with Crippen molar-refractivity contribution in [3.05, 3.63) is 72.1 Å². The van der Waals surface area contributed by atoms with Gasteiger partial charge in [0.15, 0.2) is 0 Å². The third kappa shape index (κ3) is 2.99. The molecule has 0 bridgehead atoms. The zero-order valence-electron chi connectivity index (χ0n) is 15.1. The molecule has 27 heavy (non-hydrogen) atoms. The number of benzene rings is 2. The van der Waals surface area contributed by atoms with Crippen molar-refractivity contribution in [3.63, 3.8) is 0 Å². The highest BCUT2D eigenvalue weighted by molar-refractivity contribution is 6.08. The topological polar surface area (TPSA) is 67.2 Å². The summed E-state index contributed by atoms with van der Waals surface area (Å²) in [5, 5.41) is 2.89. The number of fused-ring (bicyclic) bond motifs is 2. The van der Waals surface area contributed by atoms with E-state index < -0.39 is 0 Å². The second-order valence-corrected chi connectivity index (χ2v) is 6.55. The van der Waals surface area contributed by atoms with Gasteiger partial charge in [-0.15, -0.1) is 0 Å². The predicted octanol–water partition coefficient (Wildman–Crippen LogP) is 2.71. The molecule has 2 heterocycles. The minimum Gasteiger partial charge on any atom is -0.349 e. The molecule has 2 amide bonds. The maximum absolute atomic E-state index is 12.5. The zero-order valence-corrected chi connectivity index (χ0v) is 15.1. The van der Waals surface area contributed by atoms with Crippen molar-refractivity contribution >= 4 is 28.5 Å².